The minimum atomic E-state index is -0.225. The van der Waals surface area contributed by atoms with Gasteiger partial charge in [0.05, 0.1) is 35.4 Å². The standard InChI is InChI=1S/C25H23N5O2/c1-3-32-16-21-23-22-14-20(19-12-8-5-9-13-19)28-30(22)17(2)26-24(23)25(31)29(27-21)15-18-10-6-4-7-11-18/h4-14H,3,15-16H2,1-2H3. The van der Waals surface area contributed by atoms with Crippen LogP contribution in [0.15, 0.2) is 71.5 Å². The van der Waals surface area contributed by atoms with Gasteiger partial charge in [0.2, 0.25) is 0 Å². The molecule has 0 fully saturated rings. The summed E-state index contributed by atoms with van der Waals surface area (Å²) in [7, 11) is 0. The first-order valence-electron chi connectivity index (χ1n) is 10.6. The number of aryl methyl sites for hydroxylation is 1. The fraction of sp³-hybridized carbons (Fsp3) is 0.200. The van der Waals surface area contributed by atoms with Gasteiger partial charge in [-0.3, -0.25) is 4.79 Å². The van der Waals surface area contributed by atoms with E-state index in [1.165, 1.54) is 4.68 Å². The van der Waals surface area contributed by atoms with Gasteiger partial charge in [0.1, 0.15) is 11.3 Å². The number of rotatable bonds is 6. The van der Waals surface area contributed by atoms with Gasteiger partial charge >= 0.3 is 0 Å². The van der Waals surface area contributed by atoms with Crippen LogP contribution < -0.4 is 5.56 Å². The van der Waals surface area contributed by atoms with Gasteiger partial charge in [-0.2, -0.15) is 10.2 Å². The predicted octanol–water partition coefficient (Wildman–Crippen LogP) is 4.00. The van der Waals surface area contributed by atoms with E-state index in [1.54, 1.807) is 4.52 Å². The van der Waals surface area contributed by atoms with E-state index >= 15 is 0 Å². The molecule has 0 amide bonds. The van der Waals surface area contributed by atoms with Crippen LogP contribution in [0.2, 0.25) is 0 Å². The third-order valence-electron chi connectivity index (χ3n) is 5.44. The SMILES string of the molecule is CCOCc1nn(Cc2ccccc2)c(=O)c2nc(C)n3nc(-c4ccccc4)cc3c12. The average molecular weight is 425 g/mol. The van der Waals surface area contributed by atoms with Crippen molar-refractivity contribution in [2.45, 2.75) is 27.0 Å². The summed E-state index contributed by atoms with van der Waals surface area (Å²) >= 11 is 0. The molecule has 0 aliphatic rings. The molecule has 0 unspecified atom stereocenters. The molecule has 7 heteroatoms. The fourth-order valence-corrected chi connectivity index (χ4v) is 3.91. The normalized spacial score (nSPS) is 11.4. The predicted molar refractivity (Wildman–Crippen MR) is 124 cm³/mol. The molecule has 0 bridgehead atoms. The Kier molecular flexibility index (Phi) is 5.25. The largest absolute Gasteiger partial charge is 0.375 e. The molecule has 160 valence electrons. The van der Waals surface area contributed by atoms with E-state index in [1.807, 2.05) is 80.6 Å². The molecular weight excluding hydrogens is 402 g/mol. The zero-order valence-electron chi connectivity index (χ0n) is 18.0. The molecule has 0 radical (unpaired) electrons. The van der Waals surface area contributed by atoms with E-state index in [-0.39, 0.29) is 12.2 Å². The highest BCUT2D eigenvalue weighted by Gasteiger charge is 2.19. The minimum Gasteiger partial charge on any atom is -0.375 e. The molecule has 0 aliphatic carbocycles. The topological polar surface area (TPSA) is 74.3 Å². The summed E-state index contributed by atoms with van der Waals surface area (Å²) in [4.78, 5) is 18.1. The Balaban J connectivity index is 1.76. The smallest absolute Gasteiger partial charge is 0.293 e. The zero-order valence-corrected chi connectivity index (χ0v) is 18.0. The van der Waals surface area contributed by atoms with E-state index in [2.05, 4.69) is 4.98 Å². The number of fused-ring (bicyclic) bond motifs is 3. The lowest BCUT2D eigenvalue weighted by atomic mass is 10.1. The third-order valence-corrected chi connectivity index (χ3v) is 5.44. The second-order valence-corrected chi connectivity index (χ2v) is 7.61. The van der Waals surface area contributed by atoms with Gasteiger partial charge in [-0.1, -0.05) is 60.7 Å². The maximum Gasteiger partial charge on any atom is 0.293 e. The number of hydrogen-bond donors (Lipinski definition) is 0. The lowest BCUT2D eigenvalue weighted by Gasteiger charge is -2.12. The Morgan fingerprint density at radius 2 is 1.69 bits per heavy atom. The molecule has 3 heterocycles. The van der Waals surface area contributed by atoms with Crippen LogP contribution in [0, 0.1) is 6.92 Å². The summed E-state index contributed by atoms with van der Waals surface area (Å²) in [5, 5.41) is 10.1. The summed E-state index contributed by atoms with van der Waals surface area (Å²) in [5.41, 5.74) is 4.45. The summed E-state index contributed by atoms with van der Waals surface area (Å²) < 4.78 is 8.96. The van der Waals surface area contributed by atoms with E-state index in [0.717, 1.165) is 22.3 Å². The van der Waals surface area contributed by atoms with Gasteiger partial charge in [0.25, 0.3) is 5.56 Å². The summed E-state index contributed by atoms with van der Waals surface area (Å²) in [6, 6.07) is 21.8. The first-order valence-corrected chi connectivity index (χ1v) is 10.6. The van der Waals surface area contributed by atoms with Crippen molar-refractivity contribution >= 4 is 16.4 Å². The van der Waals surface area contributed by atoms with Crippen LogP contribution >= 0.6 is 0 Å². The van der Waals surface area contributed by atoms with Crippen LogP contribution in [0.4, 0.5) is 0 Å². The minimum absolute atomic E-state index is 0.225. The van der Waals surface area contributed by atoms with Gasteiger partial charge < -0.3 is 4.74 Å². The van der Waals surface area contributed by atoms with Crippen molar-refractivity contribution in [3.63, 3.8) is 0 Å². The van der Waals surface area contributed by atoms with Crippen molar-refractivity contribution in [3.05, 3.63) is 94.2 Å². The lowest BCUT2D eigenvalue weighted by Crippen LogP contribution is -2.27. The molecule has 5 rings (SSSR count). The Bertz CT molecular complexity index is 1460. The van der Waals surface area contributed by atoms with E-state index in [0.29, 0.717) is 35.6 Å². The second-order valence-electron chi connectivity index (χ2n) is 7.61. The molecule has 7 nitrogen and oxygen atoms in total. The van der Waals surface area contributed by atoms with Crippen molar-refractivity contribution in [2.75, 3.05) is 6.61 Å². The highest BCUT2D eigenvalue weighted by Crippen LogP contribution is 2.26. The Morgan fingerprint density at radius 3 is 2.41 bits per heavy atom. The average Bonchev–Trinajstić information content (AvgIpc) is 3.28. The maximum absolute atomic E-state index is 13.4. The van der Waals surface area contributed by atoms with E-state index < -0.39 is 0 Å². The van der Waals surface area contributed by atoms with Gasteiger partial charge in [0.15, 0.2) is 0 Å². The lowest BCUT2D eigenvalue weighted by molar-refractivity contribution is 0.131. The Labute approximate surface area is 184 Å². The maximum atomic E-state index is 13.4. The van der Waals surface area contributed by atoms with Gasteiger partial charge in [-0.05, 0) is 25.5 Å². The first-order chi connectivity index (χ1) is 15.7. The van der Waals surface area contributed by atoms with E-state index in [4.69, 9.17) is 14.9 Å². The summed E-state index contributed by atoms with van der Waals surface area (Å²) in [6.07, 6.45) is 0. The number of benzene rings is 2. The van der Waals surface area contributed by atoms with Crippen molar-refractivity contribution in [3.8, 4) is 11.3 Å². The molecule has 5 aromatic rings. The number of hydrogen-bond acceptors (Lipinski definition) is 5. The van der Waals surface area contributed by atoms with Crippen LogP contribution in [-0.2, 0) is 17.9 Å². The highest BCUT2D eigenvalue weighted by atomic mass is 16.5. The Hall–Kier alpha value is -3.84. The molecule has 32 heavy (non-hydrogen) atoms. The molecule has 2 aromatic carbocycles. The summed E-state index contributed by atoms with van der Waals surface area (Å²) in [5.74, 6) is 0.645. The van der Waals surface area contributed by atoms with Crippen LogP contribution in [-0.4, -0.2) is 31.0 Å². The first kappa shape index (κ1) is 20.1. The van der Waals surface area contributed by atoms with Crippen LogP contribution in [0.5, 0.6) is 0 Å². The summed E-state index contributed by atoms with van der Waals surface area (Å²) in [6.45, 7) is 5.00. The van der Waals surface area contributed by atoms with Crippen LogP contribution in [0.25, 0.3) is 27.7 Å². The number of nitrogens with zero attached hydrogens (tertiary/aromatic N) is 5. The zero-order chi connectivity index (χ0) is 22.1. The van der Waals surface area contributed by atoms with Crippen molar-refractivity contribution < 1.29 is 4.74 Å². The van der Waals surface area contributed by atoms with Crippen LogP contribution in [0.3, 0.4) is 0 Å². The molecule has 3 aromatic heterocycles. The quantitative estimate of drug-likeness (QED) is 0.411. The van der Waals surface area contributed by atoms with Crippen LogP contribution in [0.1, 0.15) is 24.0 Å². The van der Waals surface area contributed by atoms with Gasteiger partial charge in [-0.25, -0.2) is 14.2 Å². The molecule has 0 saturated carbocycles. The van der Waals surface area contributed by atoms with E-state index in [9.17, 15) is 4.79 Å². The molecular formula is C25H23N5O2. The molecule has 0 spiro atoms. The monoisotopic (exact) mass is 425 g/mol. The highest BCUT2D eigenvalue weighted by molar-refractivity contribution is 5.96. The Morgan fingerprint density at radius 1 is 0.969 bits per heavy atom. The molecule has 0 saturated heterocycles. The number of ether oxygens (including phenoxy) is 1. The van der Waals surface area contributed by atoms with Gasteiger partial charge in [-0.15, -0.1) is 0 Å². The third kappa shape index (κ3) is 3.56. The van der Waals surface area contributed by atoms with Crippen molar-refractivity contribution in [1.29, 1.82) is 0 Å². The van der Waals surface area contributed by atoms with Crippen molar-refractivity contribution in [1.82, 2.24) is 24.4 Å². The molecule has 0 aliphatic heterocycles. The molecule has 0 atom stereocenters. The van der Waals surface area contributed by atoms with Crippen molar-refractivity contribution in [2.24, 2.45) is 0 Å². The second kappa shape index (κ2) is 8.36. The molecule has 0 N–H and O–H groups in total. The number of aromatic nitrogens is 5. The van der Waals surface area contributed by atoms with Gasteiger partial charge in [0, 0.05) is 12.2 Å². The fourth-order valence-electron chi connectivity index (χ4n) is 3.91.